The first-order valence-corrected chi connectivity index (χ1v) is 10.8. The van der Waals surface area contributed by atoms with Crippen LogP contribution in [0.2, 0.25) is 0 Å². The van der Waals surface area contributed by atoms with Crippen LogP contribution in [0, 0.1) is 0 Å². The van der Waals surface area contributed by atoms with Crippen molar-refractivity contribution in [3.8, 4) is 0 Å². The molecule has 0 atom stereocenters. The van der Waals surface area contributed by atoms with Crippen LogP contribution in [0.4, 0.5) is 11.6 Å². The van der Waals surface area contributed by atoms with Gasteiger partial charge < -0.3 is 19.7 Å². The number of aromatic nitrogens is 3. The van der Waals surface area contributed by atoms with Crippen molar-refractivity contribution in [1.82, 2.24) is 19.9 Å². The van der Waals surface area contributed by atoms with Gasteiger partial charge in [0, 0.05) is 36.5 Å². The summed E-state index contributed by atoms with van der Waals surface area (Å²) >= 11 is 0. The van der Waals surface area contributed by atoms with Crippen molar-refractivity contribution in [3.63, 3.8) is 0 Å². The summed E-state index contributed by atoms with van der Waals surface area (Å²) < 4.78 is 12.2. The lowest BCUT2D eigenvalue weighted by Crippen LogP contribution is -2.41. The Morgan fingerprint density at radius 1 is 1.10 bits per heavy atom. The van der Waals surface area contributed by atoms with Gasteiger partial charge in [-0.05, 0) is 44.1 Å². The molecule has 1 saturated heterocycles. The topological polar surface area (TPSA) is 81.5 Å². The molecule has 4 rings (SSSR count). The average molecular weight is 424 g/mol. The minimum atomic E-state index is -0.0966. The molecule has 2 aromatic heterocycles. The first-order chi connectivity index (χ1) is 15.3. The molecule has 0 radical (unpaired) electrons. The summed E-state index contributed by atoms with van der Waals surface area (Å²) in [5.41, 5.74) is 1.59. The van der Waals surface area contributed by atoms with Crippen LogP contribution >= 0.6 is 0 Å². The van der Waals surface area contributed by atoms with Crippen LogP contribution in [-0.2, 0) is 16.0 Å². The maximum Gasteiger partial charge on any atom is 0.252 e. The van der Waals surface area contributed by atoms with Crippen molar-refractivity contribution in [2.45, 2.75) is 25.4 Å². The van der Waals surface area contributed by atoms with E-state index in [-0.39, 0.29) is 5.56 Å². The van der Waals surface area contributed by atoms with E-state index in [1.165, 1.54) is 0 Å². The molecule has 1 fully saturated rings. The van der Waals surface area contributed by atoms with Crippen molar-refractivity contribution in [2.24, 2.45) is 0 Å². The fourth-order valence-electron chi connectivity index (χ4n) is 3.94. The number of anilines is 2. The SMILES string of the molecule is COCCOCCn1c(=O)ccc2cnc(N(c3ccccc3)C3CCNCC3)nc21. The van der Waals surface area contributed by atoms with Gasteiger partial charge >= 0.3 is 0 Å². The summed E-state index contributed by atoms with van der Waals surface area (Å²) in [6, 6.07) is 13.8. The summed E-state index contributed by atoms with van der Waals surface area (Å²) in [5, 5.41) is 4.25. The van der Waals surface area contributed by atoms with Crippen LogP contribution in [0.25, 0.3) is 11.0 Å². The lowest BCUT2D eigenvalue weighted by molar-refractivity contribution is 0.0666. The number of methoxy groups -OCH3 is 1. The second kappa shape index (κ2) is 10.5. The van der Waals surface area contributed by atoms with E-state index in [1.807, 2.05) is 18.2 Å². The average Bonchev–Trinajstić information content (AvgIpc) is 2.82. The Kier molecular flexibility index (Phi) is 7.24. The van der Waals surface area contributed by atoms with Gasteiger partial charge in [-0.25, -0.2) is 4.98 Å². The van der Waals surface area contributed by atoms with Crippen LogP contribution in [-0.4, -0.2) is 60.6 Å². The van der Waals surface area contributed by atoms with Crippen LogP contribution in [0.15, 0.2) is 53.5 Å². The zero-order valence-electron chi connectivity index (χ0n) is 17.9. The molecule has 0 unspecified atom stereocenters. The number of nitrogens with one attached hydrogen (secondary N) is 1. The highest BCUT2D eigenvalue weighted by molar-refractivity contribution is 5.76. The third kappa shape index (κ3) is 5.10. The number of benzene rings is 1. The fraction of sp³-hybridized carbons (Fsp3) is 0.435. The Bertz CT molecular complexity index is 1030. The lowest BCUT2D eigenvalue weighted by Gasteiger charge is -2.34. The quantitative estimate of drug-likeness (QED) is 0.529. The highest BCUT2D eigenvalue weighted by Gasteiger charge is 2.25. The zero-order valence-corrected chi connectivity index (χ0v) is 17.9. The maximum atomic E-state index is 12.6. The molecule has 1 aliphatic rings. The van der Waals surface area contributed by atoms with E-state index in [4.69, 9.17) is 14.5 Å². The Labute approximate surface area is 181 Å². The van der Waals surface area contributed by atoms with Crippen LogP contribution in [0.5, 0.6) is 0 Å². The number of hydrogen-bond acceptors (Lipinski definition) is 7. The molecule has 8 nitrogen and oxygen atoms in total. The molecule has 0 spiro atoms. The van der Waals surface area contributed by atoms with Crippen molar-refractivity contribution < 1.29 is 9.47 Å². The molecule has 8 heteroatoms. The second-order valence-electron chi connectivity index (χ2n) is 7.56. The van der Waals surface area contributed by atoms with Gasteiger partial charge in [-0.15, -0.1) is 0 Å². The highest BCUT2D eigenvalue weighted by atomic mass is 16.5. The van der Waals surface area contributed by atoms with Crippen LogP contribution in [0.1, 0.15) is 12.8 Å². The van der Waals surface area contributed by atoms with Crippen LogP contribution < -0.4 is 15.8 Å². The molecule has 0 amide bonds. The molecule has 164 valence electrons. The van der Waals surface area contributed by atoms with Gasteiger partial charge in [0.1, 0.15) is 5.65 Å². The third-order valence-electron chi connectivity index (χ3n) is 5.53. The van der Waals surface area contributed by atoms with Gasteiger partial charge in [0.05, 0.1) is 26.4 Å². The van der Waals surface area contributed by atoms with Gasteiger partial charge in [-0.1, -0.05) is 18.2 Å². The number of pyridine rings is 1. The number of hydrogen-bond donors (Lipinski definition) is 1. The molecular weight excluding hydrogens is 394 g/mol. The molecule has 0 saturated carbocycles. The molecule has 1 N–H and O–H groups in total. The van der Waals surface area contributed by atoms with Gasteiger partial charge in [0.25, 0.3) is 5.56 Å². The summed E-state index contributed by atoms with van der Waals surface area (Å²) in [6.45, 7) is 3.79. The molecule has 31 heavy (non-hydrogen) atoms. The molecule has 3 aromatic rings. The van der Waals surface area contributed by atoms with Crippen molar-refractivity contribution in [2.75, 3.05) is 44.9 Å². The third-order valence-corrected chi connectivity index (χ3v) is 5.53. The standard InChI is InChI=1S/C23H29N5O3/c1-30-15-16-31-14-13-27-21(29)8-7-18-17-25-23(26-22(18)27)28(19-5-3-2-4-6-19)20-9-11-24-12-10-20/h2-8,17,20,24H,9-16H2,1H3. The second-order valence-corrected chi connectivity index (χ2v) is 7.56. The number of nitrogens with zero attached hydrogens (tertiary/aromatic N) is 4. The monoisotopic (exact) mass is 423 g/mol. The number of ether oxygens (including phenoxy) is 2. The van der Waals surface area contributed by atoms with E-state index in [1.54, 1.807) is 30.0 Å². The number of fused-ring (bicyclic) bond motifs is 1. The zero-order chi connectivity index (χ0) is 21.5. The minimum absolute atomic E-state index is 0.0966. The summed E-state index contributed by atoms with van der Waals surface area (Å²) in [5.74, 6) is 0.616. The van der Waals surface area contributed by atoms with Gasteiger partial charge in [-0.2, -0.15) is 4.98 Å². The molecular formula is C23H29N5O3. The molecule has 1 aromatic carbocycles. The van der Waals surface area contributed by atoms with Gasteiger partial charge in [-0.3, -0.25) is 9.36 Å². The van der Waals surface area contributed by atoms with E-state index in [9.17, 15) is 4.79 Å². The van der Waals surface area contributed by atoms with Crippen molar-refractivity contribution in [3.05, 3.63) is 59.0 Å². The molecule has 1 aliphatic heterocycles. The van der Waals surface area contributed by atoms with E-state index in [2.05, 4.69) is 27.3 Å². The predicted octanol–water partition coefficient (Wildman–Crippen LogP) is 2.34. The van der Waals surface area contributed by atoms with E-state index in [0.29, 0.717) is 44.0 Å². The van der Waals surface area contributed by atoms with Crippen molar-refractivity contribution in [1.29, 1.82) is 0 Å². The molecule has 3 heterocycles. The summed E-state index contributed by atoms with van der Waals surface area (Å²) in [6.07, 6.45) is 3.81. The van der Waals surface area contributed by atoms with E-state index >= 15 is 0 Å². The molecule has 0 bridgehead atoms. The summed E-state index contributed by atoms with van der Waals surface area (Å²) in [7, 11) is 1.64. The Hall–Kier alpha value is -2.81. The van der Waals surface area contributed by atoms with Gasteiger partial charge in [0.2, 0.25) is 5.95 Å². The smallest absolute Gasteiger partial charge is 0.252 e. The van der Waals surface area contributed by atoms with Gasteiger partial charge in [0.15, 0.2) is 0 Å². The van der Waals surface area contributed by atoms with Crippen molar-refractivity contribution >= 4 is 22.7 Å². The van der Waals surface area contributed by atoms with E-state index in [0.717, 1.165) is 37.0 Å². The Morgan fingerprint density at radius 3 is 2.68 bits per heavy atom. The number of piperidine rings is 1. The Morgan fingerprint density at radius 2 is 1.90 bits per heavy atom. The highest BCUT2D eigenvalue weighted by Crippen LogP contribution is 2.29. The van der Waals surface area contributed by atoms with E-state index < -0.39 is 0 Å². The first-order valence-electron chi connectivity index (χ1n) is 10.8. The largest absolute Gasteiger partial charge is 0.382 e. The molecule has 0 aliphatic carbocycles. The lowest BCUT2D eigenvalue weighted by atomic mass is 10.0. The normalized spacial score (nSPS) is 14.7. The number of para-hydroxylation sites is 1. The Balaban J connectivity index is 1.70. The maximum absolute atomic E-state index is 12.6. The fourth-order valence-corrected chi connectivity index (χ4v) is 3.94. The first kappa shape index (κ1) is 21.4. The predicted molar refractivity (Wildman–Crippen MR) is 121 cm³/mol. The minimum Gasteiger partial charge on any atom is -0.382 e. The number of rotatable bonds is 9. The van der Waals surface area contributed by atoms with Crippen LogP contribution in [0.3, 0.4) is 0 Å². The summed E-state index contributed by atoms with van der Waals surface area (Å²) in [4.78, 5) is 24.4.